The molecular formula is C29H35N5O2. The maximum atomic E-state index is 12.6. The second-order valence-electron chi connectivity index (χ2n) is 9.81. The number of hydrogen-bond acceptors (Lipinski definition) is 5. The molecule has 2 aromatic carbocycles. The lowest BCUT2D eigenvalue weighted by Crippen LogP contribution is -2.44. The Hall–Kier alpha value is -3.60. The van der Waals surface area contributed by atoms with E-state index in [1.807, 2.05) is 30.7 Å². The van der Waals surface area contributed by atoms with Crippen LogP contribution in [0.2, 0.25) is 0 Å². The van der Waals surface area contributed by atoms with Crippen LogP contribution in [-0.4, -0.2) is 66.9 Å². The third-order valence-corrected chi connectivity index (χ3v) is 7.13. The van der Waals surface area contributed by atoms with Crippen LogP contribution in [0.25, 0.3) is 27.6 Å². The number of hydrogen-bond donors (Lipinski definition) is 2. The zero-order chi connectivity index (χ0) is 25.8. The molecule has 3 aromatic rings. The monoisotopic (exact) mass is 485 g/mol. The number of nitrogens with zero attached hydrogens (tertiary/aromatic N) is 4. The molecule has 7 nitrogen and oxygen atoms in total. The number of carbonyl (C=O) groups excluding carboxylic acids is 1. The first-order valence-corrected chi connectivity index (χ1v) is 12.5. The Labute approximate surface area is 213 Å². The topological polar surface area (TPSA) is 84.5 Å². The van der Waals surface area contributed by atoms with Crippen LogP contribution in [0.5, 0.6) is 0 Å². The average Bonchev–Trinajstić information content (AvgIpc) is 3.28. The van der Waals surface area contributed by atoms with E-state index in [0.29, 0.717) is 12.1 Å². The molecule has 0 saturated carbocycles. The Balaban J connectivity index is 1.59. The van der Waals surface area contributed by atoms with Gasteiger partial charge >= 0.3 is 0 Å². The summed E-state index contributed by atoms with van der Waals surface area (Å²) in [6.45, 7) is 8.19. The average molecular weight is 486 g/mol. The molecule has 1 saturated heterocycles. The van der Waals surface area contributed by atoms with Gasteiger partial charge in [-0.3, -0.25) is 4.79 Å². The highest BCUT2D eigenvalue weighted by Crippen LogP contribution is 2.31. The summed E-state index contributed by atoms with van der Waals surface area (Å²) in [4.78, 5) is 17.4. The van der Waals surface area contributed by atoms with Crippen molar-refractivity contribution in [3.05, 3.63) is 59.8 Å². The van der Waals surface area contributed by atoms with Crippen molar-refractivity contribution in [1.82, 2.24) is 14.8 Å². The predicted octanol–water partition coefficient (Wildman–Crippen LogP) is 3.64. The molecule has 0 bridgehead atoms. The lowest BCUT2D eigenvalue weighted by Gasteiger charge is -2.34. The van der Waals surface area contributed by atoms with Gasteiger partial charge < -0.3 is 24.8 Å². The molecule has 4 rings (SSSR count). The molecule has 0 spiro atoms. The first kappa shape index (κ1) is 25.5. The van der Waals surface area contributed by atoms with Crippen LogP contribution in [-0.2, 0) is 11.8 Å². The van der Waals surface area contributed by atoms with Gasteiger partial charge in [0.1, 0.15) is 11.6 Å². The largest absolute Gasteiger partial charge is 0.396 e. The van der Waals surface area contributed by atoms with Gasteiger partial charge in [-0.2, -0.15) is 5.26 Å². The molecule has 2 heterocycles. The number of anilines is 1. The Morgan fingerprint density at radius 3 is 2.44 bits per heavy atom. The Morgan fingerprint density at radius 1 is 1.06 bits per heavy atom. The van der Waals surface area contributed by atoms with E-state index in [-0.39, 0.29) is 18.1 Å². The fourth-order valence-corrected chi connectivity index (χ4v) is 4.68. The lowest BCUT2D eigenvalue weighted by atomic mass is 10.0. The zero-order valence-corrected chi connectivity index (χ0v) is 21.6. The van der Waals surface area contributed by atoms with E-state index in [2.05, 4.69) is 64.6 Å². The second kappa shape index (κ2) is 11.0. The number of benzene rings is 2. The van der Waals surface area contributed by atoms with Crippen molar-refractivity contribution in [2.45, 2.75) is 13.8 Å². The van der Waals surface area contributed by atoms with Crippen molar-refractivity contribution in [1.29, 1.82) is 5.26 Å². The molecule has 1 aromatic heterocycles. The molecule has 7 heteroatoms. The smallest absolute Gasteiger partial charge is 0.262 e. The van der Waals surface area contributed by atoms with E-state index < -0.39 is 5.91 Å². The van der Waals surface area contributed by atoms with E-state index in [1.165, 1.54) is 16.5 Å². The molecule has 1 amide bonds. The molecule has 1 aliphatic rings. The predicted molar refractivity (Wildman–Crippen MR) is 146 cm³/mol. The first-order valence-electron chi connectivity index (χ1n) is 12.5. The fraction of sp³-hybridized carbons (Fsp3) is 0.379. The summed E-state index contributed by atoms with van der Waals surface area (Å²) in [6, 6.07) is 19.2. The van der Waals surface area contributed by atoms with Crippen LogP contribution in [0.15, 0.2) is 54.1 Å². The van der Waals surface area contributed by atoms with Crippen LogP contribution in [0.3, 0.4) is 0 Å². The molecule has 2 N–H and O–H groups in total. The van der Waals surface area contributed by atoms with Gasteiger partial charge in [-0.15, -0.1) is 0 Å². The van der Waals surface area contributed by atoms with Crippen LogP contribution in [0.1, 0.15) is 19.5 Å². The van der Waals surface area contributed by atoms with Crippen LogP contribution in [0, 0.1) is 17.2 Å². The third kappa shape index (κ3) is 5.30. The molecule has 1 atom stereocenters. The second-order valence-corrected chi connectivity index (χ2v) is 9.81. The number of allylic oxidation sites excluding steroid dienone is 1. The summed E-state index contributed by atoms with van der Waals surface area (Å²) in [5, 5.41) is 24.0. The van der Waals surface area contributed by atoms with E-state index in [1.54, 1.807) is 6.92 Å². The number of aliphatic hydroxyl groups is 1. The van der Waals surface area contributed by atoms with Crippen molar-refractivity contribution < 1.29 is 9.90 Å². The van der Waals surface area contributed by atoms with Gasteiger partial charge in [-0.25, -0.2) is 0 Å². The van der Waals surface area contributed by atoms with Gasteiger partial charge in [0.25, 0.3) is 5.91 Å². The van der Waals surface area contributed by atoms with Crippen molar-refractivity contribution in [2.75, 3.05) is 51.3 Å². The van der Waals surface area contributed by atoms with Crippen molar-refractivity contribution in [2.24, 2.45) is 13.0 Å². The quantitative estimate of drug-likeness (QED) is 0.394. The molecular weight excluding hydrogens is 450 g/mol. The fourth-order valence-electron chi connectivity index (χ4n) is 4.68. The molecule has 36 heavy (non-hydrogen) atoms. The van der Waals surface area contributed by atoms with Gasteiger partial charge in [0, 0.05) is 63.5 Å². The highest BCUT2D eigenvalue weighted by Gasteiger charge is 2.18. The lowest BCUT2D eigenvalue weighted by molar-refractivity contribution is -0.117. The molecule has 1 aliphatic heterocycles. The third-order valence-electron chi connectivity index (χ3n) is 7.13. The van der Waals surface area contributed by atoms with Crippen molar-refractivity contribution in [3.8, 4) is 17.3 Å². The van der Waals surface area contributed by atoms with Crippen LogP contribution < -0.4 is 10.2 Å². The number of carbonyl (C=O) groups is 1. The van der Waals surface area contributed by atoms with Gasteiger partial charge in [-0.1, -0.05) is 25.1 Å². The highest BCUT2D eigenvalue weighted by molar-refractivity contribution is 6.04. The van der Waals surface area contributed by atoms with E-state index in [0.717, 1.165) is 43.1 Å². The van der Waals surface area contributed by atoms with Gasteiger partial charge in [0.05, 0.1) is 0 Å². The molecule has 188 valence electrons. The maximum Gasteiger partial charge on any atom is 0.262 e. The van der Waals surface area contributed by atoms with Crippen molar-refractivity contribution in [3.63, 3.8) is 0 Å². The molecule has 0 radical (unpaired) electrons. The standard InChI is InChI=1S/C29H35N5O2/c1-20(19-35)18-31-29(36)26(17-30)21(2)27-9-10-28(33(27)4)24-6-5-23-16-25(8-7-22(23)15-24)34-13-11-32(3)12-14-34/h5-10,15-16,20,35H,11-14,18-19H2,1-4H3,(H,31,36)/b26-21+. The number of aliphatic hydroxyl groups excluding tert-OH is 1. The summed E-state index contributed by atoms with van der Waals surface area (Å²) in [5.74, 6) is -0.485. The Morgan fingerprint density at radius 2 is 1.75 bits per heavy atom. The van der Waals surface area contributed by atoms with Gasteiger partial charge in [0.15, 0.2) is 0 Å². The van der Waals surface area contributed by atoms with Gasteiger partial charge in [-0.05, 0) is 72.1 Å². The van der Waals surface area contributed by atoms with Crippen molar-refractivity contribution >= 4 is 27.9 Å². The first-order chi connectivity index (χ1) is 17.3. The van der Waals surface area contributed by atoms with E-state index in [9.17, 15) is 15.2 Å². The zero-order valence-electron chi connectivity index (χ0n) is 21.6. The Bertz CT molecular complexity index is 1330. The SMILES string of the molecule is C/C(=C(/C#N)C(=O)NCC(C)CO)c1ccc(-c2ccc3cc(N4CCN(C)CC4)ccc3c2)n1C. The minimum Gasteiger partial charge on any atom is -0.396 e. The number of aromatic nitrogens is 1. The van der Waals surface area contributed by atoms with Gasteiger partial charge in [0.2, 0.25) is 0 Å². The van der Waals surface area contributed by atoms with E-state index >= 15 is 0 Å². The highest BCUT2D eigenvalue weighted by atomic mass is 16.3. The summed E-state index contributed by atoms with van der Waals surface area (Å²) in [7, 11) is 4.12. The number of amides is 1. The Kier molecular flexibility index (Phi) is 7.78. The minimum atomic E-state index is -0.417. The number of likely N-dealkylation sites (N-methyl/N-ethyl adjacent to an activating group) is 1. The normalized spacial score (nSPS) is 15.9. The summed E-state index contributed by atoms with van der Waals surface area (Å²) < 4.78 is 2.02. The van der Waals surface area contributed by atoms with Crippen LogP contribution >= 0.6 is 0 Å². The van der Waals surface area contributed by atoms with E-state index in [4.69, 9.17) is 0 Å². The number of piperazine rings is 1. The number of rotatable bonds is 7. The minimum absolute atomic E-state index is 0.0189. The summed E-state index contributed by atoms with van der Waals surface area (Å²) >= 11 is 0. The maximum absolute atomic E-state index is 12.6. The molecule has 1 fully saturated rings. The number of fused-ring (bicyclic) bond motifs is 1. The number of nitriles is 1. The summed E-state index contributed by atoms with van der Waals surface area (Å²) in [6.07, 6.45) is 0. The number of nitrogens with one attached hydrogen (secondary N) is 1. The van der Waals surface area contributed by atoms with Crippen LogP contribution in [0.4, 0.5) is 5.69 Å². The summed E-state index contributed by atoms with van der Waals surface area (Å²) in [5.41, 5.74) is 4.89. The molecule has 1 unspecified atom stereocenters. The molecule has 0 aliphatic carbocycles.